The molecule has 1 saturated heterocycles. The van der Waals surface area contributed by atoms with E-state index in [2.05, 4.69) is 11.6 Å². The highest BCUT2D eigenvalue weighted by Gasteiger charge is 2.34. The molecule has 0 radical (unpaired) electrons. The van der Waals surface area contributed by atoms with E-state index in [9.17, 15) is 18.0 Å². The van der Waals surface area contributed by atoms with Crippen molar-refractivity contribution in [1.29, 1.82) is 0 Å². The van der Waals surface area contributed by atoms with Crippen molar-refractivity contribution < 1.29 is 13.2 Å². The van der Waals surface area contributed by atoms with E-state index in [1.54, 1.807) is 29.2 Å². The number of para-hydroxylation sites is 1. The van der Waals surface area contributed by atoms with Crippen LogP contribution in [0.3, 0.4) is 0 Å². The Morgan fingerprint density at radius 2 is 2.17 bits per heavy atom. The summed E-state index contributed by atoms with van der Waals surface area (Å²) in [6.45, 7) is 6.48. The SMILES string of the molecule is C=CCn1c(SCC(=O)N(CCC)[C@@H]2CCS(=O)(=O)C2)nc2ccccc2c1=O. The van der Waals surface area contributed by atoms with Crippen LogP contribution >= 0.6 is 11.8 Å². The fourth-order valence-electron chi connectivity index (χ4n) is 3.53. The molecule has 1 atom stereocenters. The number of amides is 1. The number of aromatic nitrogens is 2. The Kier molecular flexibility index (Phi) is 6.79. The van der Waals surface area contributed by atoms with Gasteiger partial charge in [-0.1, -0.05) is 36.9 Å². The second-order valence-electron chi connectivity index (χ2n) is 7.05. The van der Waals surface area contributed by atoms with Crippen molar-refractivity contribution in [3.05, 3.63) is 47.3 Å². The van der Waals surface area contributed by atoms with Crippen molar-refractivity contribution in [1.82, 2.24) is 14.5 Å². The van der Waals surface area contributed by atoms with Gasteiger partial charge >= 0.3 is 0 Å². The molecule has 0 aliphatic carbocycles. The Morgan fingerprint density at radius 1 is 1.41 bits per heavy atom. The first-order valence-corrected chi connectivity index (χ1v) is 12.4. The minimum Gasteiger partial charge on any atom is -0.338 e. The van der Waals surface area contributed by atoms with Gasteiger partial charge in [0.25, 0.3) is 5.56 Å². The molecule has 156 valence electrons. The van der Waals surface area contributed by atoms with E-state index >= 15 is 0 Å². The van der Waals surface area contributed by atoms with Crippen LogP contribution < -0.4 is 5.56 Å². The molecular formula is C20H25N3O4S2. The number of hydrogen-bond acceptors (Lipinski definition) is 6. The molecule has 0 saturated carbocycles. The number of benzene rings is 1. The number of rotatable bonds is 8. The molecule has 9 heteroatoms. The van der Waals surface area contributed by atoms with Gasteiger partial charge in [0.15, 0.2) is 15.0 Å². The molecule has 0 unspecified atom stereocenters. The Labute approximate surface area is 174 Å². The minimum absolute atomic E-state index is 0.0266. The number of sulfone groups is 1. The minimum atomic E-state index is -3.07. The fraction of sp³-hybridized carbons (Fsp3) is 0.450. The molecule has 7 nitrogen and oxygen atoms in total. The Bertz CT molecular complexity index is 1080. The van der Waals surface area contributed by atoms with Gasteiger partial charge in [0, 0.05) is 19.1 Å². The molecule has 1 fully saturated rings. The van der Waals surface area contributed by atoms with Crippen LogP contribution in [0.4, 0.5) is 0 Å². The Morgan fingerprint density at radius 3 is 2.83 bits per heavy atom. The zero-order valence-electron chi connectivity index (χ0n) is 16.4. The average molecular weight is 436 g/mol. The predicted octanol–water partition coefficient (Wildman–Crippen LogP) is 2.10. The maximum absolute atomic E-state index is 12.9. The number of nitrogens with zero attached hydrogens (tertiary/aromatic N) is 3. The molecule has 0 N–H and O–H groups in total. The topological polar surface area (TPSA) is 89.3 Å². The van der Waals surface area contributed by atoms with Crippen molar-refractivity contribution >= 4 is 38.4 Å². The van der Waals surface area contributed by atoms with E-state index < -0.39 is 9.84 Å². The zero-order valence-corrected chi connectivity index (χ0v) is 18.0. The Balaban J connectivity index is 1.83. The highest BCUT2D eigenvalue weighted by molar-refractivity contribution is 7.99. The van der Waals surface area contributed by atoms with E-state index in [4.69, 9.17) is 0 Å². The molecule has 1 aliphatic heterocycles. The molecule has 3 rings (SSSR count). The quantitative estimate of drug-likeness (QED) is 0.358. The van der Waals surface area contributed by atoms with Crippen molar-refractivity contribution in [2.24, 2.45) is 0 Å². The third kappa shape index (κ3) is 4.90. The third-order valence-corrected chi connectivity index (χ3v) is 7.61. The molecule has 1 amide bonds. The first-order valence-electron chi connectivity index (χ1n) is 9.59. The van der Waals surface area contributed by atoms with Crippen molar-refractivity contribution in [2.45, 2.75) is 37.5 Å². The van der Waals surface area contributed by atoms with Crippen molar-refractivity contribution in [3.8, 4) is 0 Å². The van der Waals surface area contributed by atoms with Crippen LogP contribution in [-0.4, -0.2) is 58.6 Å². The van der Waals surface area contributed by atoms with E-state index in [1.165, 1.54) is 16.3 Å². The van der Waals surface area contributed by atoms with Gasteiger partial charge in [-0.25, -0.2) is 13.4 Å². The van der Waals surface area contributed by atoms with Crippen LogP contribution in [0, 0.1) is 0 Å². The molecule has 1 aromatic heterocycles. The summed E-state index contributed by atoms with van der Waals surface area (Å²) in [6, 6.07) is 6.84. The zero-order chi connectivity index (χ0) is 21.0. The van der Waals surface area contributed by atoms with E-state index in [0.29, 0.717) is 35.6 Å². The van der Waals surface area contributed by atoms with Crippen LogP contribution in [0.5, 0.6) is 0 Å². The number of allylic oxidation sites excluding steroid dienone is 1. The summed E-state index contributed by atoms with van der Waals surface area (Å²) < 4.78 is 25.2. The van der Waals surface area contributed by atoms with Gasteiger partial charge in [-0.2, -0.15) is 0 Å². The van der Waals surface area contributed by atoms with Gasteiger partial charge in [0.05, 0.1) is 28.2 Å². The molecule has 2 heterocycles. The molecule has 29 heavy (non-hydrogen) atoms. The van der Waals surface area contributed by atoms with E-state index in [1.807, 2.05) is 13.0 Å². The van der Waals surface area contributed by atoms with Crippen LogP contribution in [0.25, 0.3) is 10.9 Å². The van der Waals surface area contributed by atoms with Gasteiger partial charge < -0.3 is 4.90 Å². The van der Waals surface area contributed by atoms with Crippen LogP contribution in [0.1, 0.15) is 19.8 Å². The summed E-state index contributed by atoms with van der Waals surface area (Å²) in [4.78, 5) is 31.9. The summed E-state index contributed by atoms with van der Waals surface area (Å²) in [5, 5.41) is 0.978. The number of fused-ring (bicyclic) bond motifs is 1. The number of carbonyl (C=O) groups excluding carboxylic acids is 1. The summed E-state index contributed by atoms with van der Waals surface area (Å²) in [5.74, 6) is 0.118. The first kappa shape index (κ1) is 21.6. The largest absolute Gasteiger partial charge is 0.338 e. The molecule has 0 spiro atoms. The summed E-state index contributed by atoms with van der Waals surface area (Å²) in [6.07, 6.45) is 2.85. The smallest absolute Gasteiger partial charge is 0.262 e. The lowest BCUT2D eigenvalue weighted by Gasteiger charge is -2.28. The lowest BCUT2D eigenvalue weighted by atomic mass is 10.2. The van der Waals surface area contributed by atoms with Gasteiger partial charge in [0.1, 0.15) is 0 Å². The second-order valence-corrected chi connectivity index (χ2v) is 10.2. The summed E-state index contributed by atoms with van der Waals surface area (Å²) in [5.41, 5.74) is 0.415. The van der Waals surface area contributed by atoms with Crippen LogP contribution in [0.15, 0.2) is 46.9 Å². The standard InChI is InChI=1S/C20H25N3O4S2/c1-3-10-22(15-9-12-29(26,27)14-15)18(24)13-28-20-21-17-8-6-5-7-16(17)19(25)23(20)11-4-2/h4-8,15H,2-3,9-14H2,1H3/t15-/m1/s1. The van der Waals surface area contributed by atoms with Crippen LogP contribution in [0.2, 0.25) is 0 Å². The van der Waals surface area contributed by atoms with Crippen LogP contribution in [-0.2, 0) is 21.2 Å². The highest BCUT2D eigenvalue weighted by Crippen LogP contribution is 2.22. The summed E-state index contributed by atoms with van der Waals surface area (Å²) >= 11 is 1.20. The van der Waals surface area contributed by atoms with E-state index in [-0.39, 0.29) is 34.8 Å². The van der Waals surface area contributed by atoms with Crippen molar-refractivity contribution in [2.75, 3.05) is 23.8 Å². The molecule has 0 bridgehead atoms. The number of carbonyl (C=O) groups is 1. The molecule has 1 aliphatic rings. The first-order chi connectivity index (χ1) is 13.9. The predicted molar refractivity (Wildman–Crippen MR) is 116 cm³/mol. The maximum atomic E-state index is 12.9. The second kappa shape index (κ2) is 9.13. The number of hydrogen-bond donors (Lipinski definition) is 0. The molecule has 2 aromatic rings. The summed E-state index contributed by atoms with van der Waals surface area (Å²) in [7, 11) is -3.07. The average Bonchev–Trinajstić information content (AvgIpc) is 3.06. The normalized spacial score (nSPS) is 18.0. The highest BCUT2D eigenvalue weighted by atomic mass is 32.2. The lowest BCUT2D eigenvalue weighted by molar-refractivity contribution is -0.130. The van der Waals surface area contributed by atoms with Gasteiger partial charge in [0.2, 0.25) is 5.91 Å². The van der Waals surface area contributed by atoms with Gasteiger partial charge in [-0.3, -0.25) is 14.2 Å². The van der Waals surface area contributed by atoms with Crippen molar-refractivity contribution in [3.63, 3.8) is 0 Å². The lowest BCUT2D eigenvalue weighted by Crippen LogP contribution is -2.42. The Hall–Kier alpha value is -2.13. The van der Waals surface area contributed by atoms with Gasteiger partial charge in [-0.05, 0) is 25.0 Å². The molecule has 1 aromatic carbocycles. The monoisotopic (exact) mass is 435 g/mol. The third-order valence-electron chi connectivity index (χ3n) is 4.90. The van der Waals surface area contributed by atoms with E-state index in [0.717, 1.165) is 6.42 Å². The van der Waals surface area contributed by atoms with Gasteiger partial charge in [-0.15, -0.1) is 6.58 Å². The maximum Gasteiger partial charge on any atom is 0.262 e. The molecular weight excluding hydrogens is 410 g/mol. The fourth-order valence-corrected chi connectivity index (χ4v) is 6.16. The number of thioether (sulfide) groups is 1.